The topological polar surface area (TPSA) is 84.9 Å². The molecule has 1 amide bonds. The minimum atomic E-state index is -1.06. The average molecular weight is 387 g/mol. The van der Waals surface area contributed by atoms with Crippen LogP contribution in [0.1, 0.15) is 24.0 Å². The molecule has 1 aliphatic heterocycles. The zero-order valence-electron chi connectivity index (χ0n) is 15.5. The number of nitrogens with one attached hydrogen (secondary N) is 1. The Morgan fingerprint density at radius 1 is 1.21 bits per heavy atom. The molecule has 0 radical (unpaired) electrons. The Balaban J connectivity index is 1.83. The molecule has 2 aromatic rings. The van der Waals surface area contributed by atoms with Crippen LogP contribution in [0, 0.1) is 12.7 Å². The minimum absolute atomic E-state index is 0.219. The zero-order chi connectivity index (χ0) is 20.1. The summed E-state index contributed by atoms with van der Waals surface area (Å²) >= 11 is 0. The number of amides is 1. The third kappa shape index (κ3) is 4.31. The van der Waals surface area contributed by atoms with Crippen LogP contribution in [0.25, 0.3) is 0 Å². The number of hydrogen-bond acceptors (Lipinski definition) is 4. The van der Waals surface area contributed by atoms with Crippen LogP contribution in [-0.4, -0.2) is 36.8 Å². The van der Waals surface area contributed by atoms with Crippen LogP contribution in [0.2, 0.25) is 0 Å². The Kier molecular flexibility index (Phi) is 5.94. The largest absolute Gasteiger partial charge is 0.482 e. The van der Waals surface area contributed by atoms with Gasteiger partial charge in [0.25, 0.3) is 0 Å². The van der Waals surface area contributed by atoms with Gasteiger partial charge in [-0.3, -0.25) is 4.79 Å². The van der Waals surface area contributed by atoms with E-state index in [1.807, 2.05) is 0 Å². The summed E-state index contributed by atoms with van der Waals surface area (Å²) in [7, 11) is 0. The van der Waals surface area contributed by atoms with E-state index in [2.05, 4.69) is 5.32 Å². The first-order valence-corrected chi connectivity index (χ1v) is 9.01. The molecule has 1 heterocycles. The third-order valence-electron chi connectivity index (χ3n) is 4.97. The number of anilines is 1. The highest BCUT2D eigenvalue weighted by Gasteiger charge is 2.42. The zero-order valence-corrected chi connectivity index (χ0v) is 15.5. The maximum atomic E-state index is 13.8. The molecule has 0 aliphatic carbocycles. The molecule has 148 valence electrons. The number of carboxylic acids is 1. The molecule has 0 bridgehead atoms. The number of aryl methyl sites for hydroxylation is 1. The number of ether oxygens (including phenoxy) is 2. The van der Waals surface area contributed by atoms with E-state index in [0.29, 0.717) is 43.1 Å². The van der Waals surface area contributed by atoms with Gasteiger partial charge in [0.1, 0.15) is 11.6 Å². The van der Waals surface area contributed by atoms with Gasteiger partial charge in [-0.05, 0) is 61.2 Å². The highest BCUT2D eigenvalue weighted by atomic mass is 19.1. The molecule has 1 saturated heterocycles. The van der Waals surface area contributed by atoms with Crippen molar-refractivity contribution in [2.75, 3.05) is 25.1 Å². The van der Waals surface area contributed by atoms with Crippen molar-refractivity contribution in [2.24, 2.45) is 0 Å². The Morgan fingerprint density at radius 3 is 2.61 bits per heavy atom. The minimum Gasteiger partial charge on any atom is -0.482 e. The number of hydrogen-bond donors (Lipinski definition) is 2. The molecular formula is C21H22FNO5. The van der Waals surface area contributed by atoms with Gasteiger partial charge in [-0.15, -0.1) is 0 Å². The quantitative estimate of drug-likeness (QED) is 0.795. The normalized spacial score (nSPS) is 15.6. The second kappa shape index (κ2) is 8.39. The lowest BCUT2D eigenvalue weighted by Crippen LogP contribution is -2.45. The first kappa shape index (κ1) is 19.8. The first-order valence-electron chi connectivity index (χ1n) is 9.01. The molecule has 0 aromatic heterocycles. The number of carbonyl (C=O) groups is 2. The van der Waals surface area contributed by atoms with Crippen LogP contribution in [-0.2, 0) is 19.7 Å². The molecule has 28 heavy (non-hydrogen) atoms. The molecule has 1 fully saturated rings. The summed E-state index contributed by atoms with van der Waals surface area (Å²) in [5.74, 6) is -1.26. The fraction of sp³-hybridized carbons (Fsp3) is 0.333. The predicted molar refractivity (Wildman–Crippen MR) is 101 cm³/mol. The number of carboxylic acid groups (broad SMARTS) is 1. The Labute approximate surface area is 162 Å². The molecule has 6 nitrogen and oxygen atoms in total. The van der Waals surface area contributed by atoms with E-state index in [4.69, 9.17) is 14.6 Å². The average Bonchev–Trinajstić information content (AvgIpc) is 2.68. The third-order valence-corrected chi connectivity index (χ3v) is 4.97. The second-order valence-electron chi connectivity index (χ2n) is 6.82. The van der Waals surface area contributed by atoms with Crippen LogP contribution in [0.15, 0.2) is 42.5 Å². The van der Waals surface area contributed by atoms with Crippen LogP contribution in [0.5, 0.6) is 5.75 Å². The van der Waals surface area contributed by atoms with E-state index in [-0.39, 0.29) is 11.7 Å². The first-order chi connectivity index (χ1) is 13.4. The van der Waals surface area contributed by atoms with Crippen molar-refractivity contribution in [2.45, 2.75) is 25.2 Å². The molecule has 3 rings (SSSR count). The SMILES string of the molecule is Cc1cc(OCC(=O)O)ccc1NC(=O)C1(c2cccc(F)c2)CCOCC1. The van der Waals surface area contributed by atoms with Gasteiger partial charge in [-0.2, -0.15) is 0 Å². The lowest BCUT2D eigenvalue weighted by molar-refractivity contribution is -0.139. The Bertz CT molecular complexity index is 877. The van der Waals surface area contributed by atoms with Gasteiger partial charge in [-0.1, -0.05) is 12.1 Å². The number of benzene rings is 2. The van der Waals surface area contributed by atoms with Crippen molar-refractivity contribution in [1.29, 1.82) is 0 Å². The van der Waals surface area contributed by atoms with Crippen molar-refractivity contribution >= 4 is 17.6 Å². The van der Waals surface area contributed by atoms with Gasteiger partial charge in [0.15, 0.2) is 6.61 Å². The van der Waals surface area contributed by atoms with Crippen LogP contribution in [0.4, 0.5) is 10.1 Å². The molecule has 2 aromatic carbocycles. The summed E-state index contributed by atoms with van der Waals surface area (Å²) in [4.78, 5) is 23.9. The summed E-state index contributed by atoms with van der Waals surface area (Å²) in [6.07, 6.45) is 0.919. The van der Waals surface area contributed by atoms with Gasteiger partial charge < -0.3 is 19.9 Å². The molecule has 7 heteroatoms. The summed E-state index contributed by atoms with van der Waals surface area (Å²) in [6, 6.07) is 11.1. The fourth-order valence-electron chi connectivity index (χ4n) is 3.41. The van der Waals surface area contributed by atoms with Gasteiger partial charge >= 0.3 is 5.97 Å². The maximum Gasteiger partial charge on any atom is 0.341 e. The van der Waals surface area contributed by atoms with Gasteiger partial charge in [0.2, 0.25) is 5.91 Å². The lowest BCUT2D eigenvalue weighted by atomic mass is 9.73. The molecule has 2 N–H and O–H groups in total. The van der Waals surface area contributed by atoms with E-state index in [9.17, 15) is 14.0 Å². The van der Waals surface area contributed by atoms with E-state index in [1.54, 1.807) is 37.3 Å². The second-order valence-corrected chi connectivity index (χ2v) is 6.82. The number of aliphatic carboxylic acids is 1. The van der Waals surface area contributed by atoms with Crippen molar-refractivity contribution in [1.82, 2.24) is 0 Å². The van der Waals surface area contributed by atoms with Gasteiger partial charge in [0, 0.05) is 18.9 Å². The van der Waals surface area contributed by atoms with Gasteiger partial charge in [0.05, 0.1) is 5.41 Å². The fourth-order valence-corrected chi connectivity index (χ4v) is 3.41. The van der Waals surface area contributed by atoms with Crippen molar-refractivity contribution in [3.05, 3.63) is 59.4 Å². The van der Waals surface area contributed by atoms with Crippen molar-refractivity contribution < 1.29 is 28.6 Å². The van der Waals surface area contributed by atoms with Crippen molar-refractivity contribution in [3.63, 3.8) is 0 Å². The van der Waals surface area contributed by atoms with E-state index in [0.717, 1.165) is 5.56 Å². The van der Waals surface area contributed by atoms with Gasteiger partial charge in [-0.25, -0.2) is 9.18 Å². The summed E-state index contributed by atoms with van der Waals surface area (Å²) in [6.45, 7) is 2.20. The molecule has 0 spiro atoms. The number of carbonyl (C=O) groups excluding carboxylic acids is 1. The molecular weight excluding hydrogens is 365 g/mol. The lowest BCUT2D eigenvalue weighted by Gasteiger charge is -2.36. The summed E-state index contributed by atoms with van der Waals surface area (Å²) in [5, 5.41) is 11.6. The van der Waals surface area contributed by atoms with Crippen LogP contribution in [0.3, 0.4) is 0 Å². The highest BCUT2D eigenvalue weighted by molar-refractivity contribution is 5.99. The van der Waals surface area contributed by atoms with E-state index < -0.39 is 18.0 Å². The highest BCUT2D eigenvalue weighted by Crippen LogP contribution is 2.37. The Morgan fingerprint density at radius 2 is 1.96 bits per heavy atom. The molecule has 1 aliphatic rings. The van der Waals surface area contributed by atoms with E-state index >= 15 is 0 Å². The smallest absolute Gasteiger partial charge is 0.341 e. The van der Waals surface area contributed by atoms with Crippen molar-refractivity contribution in [3.8, 4) is 5.75 Å². The monoisotopic (exact) mass is 387 g/mol. The Hall–Kier alpha value is -2.93. The summed E-state index contributed by atoms with van der Waals surface area (Å²) < 4.78 is 24.4. The molecule has 0 unspecified atom stereocenters. The number of halogens is 1. The van der Waals surface area contributed by atoms with Crippen LogP contribution >= 0.6 is 0 Å². The standard InChI is InChI=1S/C21H22FNO5/c1-14-11-17(28-13-19(24)25)5-6-18(14)23-20(26)21(7-9-27-10-8-21)15-3-2-4-16(22)12-15/h2-6,11-12H,7-10,13H2,1H3,(H,23,26)(H,24,25). The predicted octanol–water partition coefficient (Wildman–Crippen LogP) is 3.28. The number of rotatable bonds is 6. The maximum absolute atomic E-state index is 13.8. The molecule has 0 atom stereocenters. The summed E-state index contributed by atoms with van der Waals surface area (Å²) in [5.41, 5.74) is 1.09. The molecule has 0 saturated carbocycles. The van der Waals surface area contributed by atoms with Crippen LogP contribution < -0.4 is 10.1 Å². The van der Waals surface area contributed by atoms with E-state index in [1.165, 1.54) is 12.1 Å².